The summed E-state index contributed by atoms with van der Waals surface area (Å²) in [7, 11) is 1.59. The fourth-order valence-corrected chi connectivity index (χ4v) is 5.11. The van der Waals surface area contributed by atoms with Gasteiger partial charge < -0.3 is 4.74 Å². The van der Waals surface area contributed by atoms with Crippen molar-refractivity contribution in [2.45, 2.75) is 26.3 Å². The van der Waals surface area contributed by atoms with E-state index in [0.29, 0.717) is 33.3 Å². The number of benzene rings is 2. The average Bonchev–Trinajstić information content (AvgIpc) is 3.47. The number of imide groups is 1. The Morgan fingerprint density at radius 2 is 1.89 bits per heavy atom. The van der Waals surface area contributed by atoms with Crippen molar-refractivity contribution in [3.63, 3.8) is 0 Å². The maximum absolute atomic E-state index is 13.8. The molecule has 0 atom stereocenters. The lowest BCUT2D eigenvalue weighted by molar-refractivity contribution is -0.121. The fourth-order valence-electron chi connectivity index (χ4n) is 4.06. The monoisotopic (exact) mass is 486 g/mol. The Kier molecular flexibility index (Phi) is 6.00. The Morgan fingerprint density at radius 3 is 2.60 bits per heavy atom. The maximum atomic E-state index is 13.8. The van der Waals surface area contributed by atoms with Crippen LogP contribution in [-0.4, -0.2) is 34.8 Å². The van der Waals surface area contributed by atoms with Gasteiger partial charge in [0.05, 0.1) is 29.7 Å². The molecule has 3 amide bonds. The zero-order chi connectivity index (χ0) is 24.5. The van der Waals surface area contributed by atoms with E-state index in [9.17, 15) is 14.4 Å². The summed E-state index contributed by atoms with van der Waals surface area (Å²) < 4.78 is 6.42. The zero-order valence-corrected chi connectivity index (χ0v) is 20.0. The van der Waals surface area contributed by atoms with Gasteiger partial charge in [0, 0.05) is 24.6 Å². The highest BCUT2D eigenvalue weighted by Crippen LogP contribution is 2.37. The Hall–Kier alpha value is -4.11. The van der Waals surface area contributed by atoms with E-state index >= 15 is 0 Å². The molecule has 1 aliphatic heterocycles. The van der Waals surface area contributed by atoms with Gasteiger partial charge in [-0.2, -0.15) is 0 Å². The molecular weight excluding hydrogens is 464 g/mol. The molecule has 4 aromatic rings. The minimum atomic E-state index is -0.313. The van der Waals surface area contributed by atoms with Gasteiger partial charge >= 0.3 is 0 Å². The molecule has 176 valence electrons. The molecule has 0 saturated carbocycles. The molecule has 5 rings (SSSR count). The van der Waals surface area contributed by atoms with Crippen LogP contribution >= 0.6 is 11.3 Å². The molecule has 3 heterocycles. The minimum Gasteiger partial charge on any atom is -0.494 e. The van der Waals surface area contributed by atoms with Gasteiger partial charge in [0.25, 0.3) is 5.91 Å². The van der Waals surface area contributed by atoms with Crippen molar-refractivity contribution in [3.8, 4) is 5.75 Å². The normalized spacial score (nSPS) is 13.5. The van der Waals surface area contributed by atoms with E-state index < -0.39 is 0 Å². The standard InChI is InChI=1S/C26H22N4O4S/c1-16-9-10-20(34-2)23-24(16)35-26(28-23)29(15-18-7-3-4-13-27-18)25(33)17-6-5-8-19(14-17)30-21(31)11-12-22(30)32/h3-10,13-14H,11-12,15H2,1-2H3. The van der Waals surface area contributed by atoms with Crippen LogP contribution in [0.2, 0.25) is 0 Å². The van der Waals surface area contributed by atoms with Crippen molar-refractivity contribution in [1.82, 2.24) is 9.97 Å². The first kappa shape index (κ1) is 22.7. The molecule has 1 saturated heterocycles. The third kappa shape index (κ3) is 4.26. The van der Waals surface area contributed by atoms with Crippen molar-refractivity contribution in [1.29, 1.82) is 0 Å². The Balaban J connectivity index is 1.58. The van der Waals surface area contributed by atoms with E-state index in [4.69, 9.17) is 9.72 Å². The summed E-state index contributed by atoms with van der Waals surface area (Å²) in [5.41, 5.74) is 3.15. The first-order valence-electron chi connectivity index (χ1n) is 11.1. The molecular formula is C26H22N4O4S. The molecule has 8 nitrogen and oxygen atoms in total. The third-order valence-electron chi connectivity index (χ3n) is 5.84. The van der Waals surface area contributed by atoms with Gasteiger partial charge in [0.2, 0.25) is 11.8 Å². The number of fused-ring (bicyclic) bond motifs is 1. The van der Waals surface area contributed by atoms with Gasteiger partial charge in [-0.3, -0.25) is 29.2 Å². The molecule has 2 aromatic heterocycles. The van der Waals surface area contributed by atoms with Crippen molar-refractivity contribution in [2.24, 2.45) is 0 Å². The van der Waals surface area contributed by atoms with Gasteiger partial charge in [-0.05, 0) is 48.9 Å². The summed E-state index contributed by atoms with van der Waals surface area (Å²) in [6, 6.07) is 15.9. The van der Waals surface area contributed by atoms with Gasteiger partial charge in [-0.1, -0.05) is 29.5 Å². The number of carbonyl (C=O) groups is 3. The van der Waals surface area contributed by atoms with Gasteiger partial charge in [-0.25, -0.2) is 4.98 Å². The average molecular weight is 487 g/mol. The predicted molar refractivity (Wildman–Crippen MR) is 134 cm³/mol. The second-order valence-electron chi connectivity index (χ2n) is 8.14. The van der Waals surface area contributed by atoms with E-state index in [1.54, 1.807) is 42.5 Å². The molecule has 0 bridgehead atoms. The third-order valence-corrected chi connectivity index (χ3v) is 7.05. The zero-order valence-electron chi connectivity index (χ0n) is 19.2. The minimum absolute atomic E-state index is 0.176. The van der Waals surface area contributed by atoms with Gasteiger partial charge in [0.15, 0.2) is 5.13 Å². The predicted octanol–water partition coefficient (Wildman–Crippen LogP) is 4.51. The molecule has 0 unspecified atom stereocenters. The number of methoxy groups -OCH3 is 1. The van der Waals surface area contributed by atoms with Crippen molar-refractivity contribution >= 4 is 50.1 Å². The first-order chi connectivity index (χ1) is 17.0. The van der Waals surface area contributed by atoms with Crippen molar-refractivity contribution in [3.05, 3.63) is 77.6 Å². The van der Waals surface area contributed by atoms with E-state index in [2.05, 4.69) is 4.98 Å². The number of ether oxygens (including phenoxy) is 1. The number of carbonyl (C=O) groups excluding carboxylic acids is 3. The highest BCUT2D eigenvalue weighted by atomic mass is 32.1. The second kappa shape index (κ2) is 9.27. The summed E-state index contributed by atoms with van der Waals surface area (Å²) >= 11 is 1.40. The molecule has 0 aliphatic carbocycles. The number of rotatable bonds is 6. The summed E-state index contributed by atoms with van der Waals surface area (Å²) in [6.07, 6.45) is 2.03. The van der Waals surface area contributed by atoms with Gasteiger partial charge in [-0.15, -0.1) is 0 Å². The molecule has 9 heteroatoms. The van der Waals surface area contributed by atoms with Crippen LogP contribution in [0.4, 0.5) is 10.8 Å². The molecule has 1 fully saturated rings. The largest absolute Gasteiger partial charge is 0.494 e. The molecule has 2 aromatic carbocycles. The van der Waals surface area contributed by atoms with Crippen LogP contribution in [0, 0.1) is 6.92 Å². The molecule has 0 N–H and O–H groups in total. The Bertz CT molecular complexity index is 1430. The number of hydrogen-bond donors (Lipinski definition) is 0. The number of hydrogen-bond acceptors (Lipinski definition) is 7. The number of anilines is 2. The summed E-state index contributed by atoms with van der Waals surface area (Å²) in [5.74, 6) is -0.212. The Morgan fingerprint density at radius 1 is 1.09 bits per heavy atom. The lowest BCUT2D eigenvalue weighted by Crippen LogP contribution is -2.32. The molecule has 0 radical (unpaired) electrons. The highest BCUT2D eigenvalue weighted by Gasteiger charge is 2.31. The van der Waals surface area contributed by atoms with E-state index in [1.165, 1.54) is 11.3 Å². The topological polar surface area (TPSA) is 92.7 Å². The summed E-state index contributed by atoms with van der Waals surface area (Å²) in [5, 5.41) is 0.502. The van der Waals surface area contributed by atoms with E-state index in [-0.39, 0.29) is 37.1 Å². The van der Waals surface area contributed by atoms with E-state index in [1.807, 2.05) is 37.3 Å². The van der Waals surface area contributed by atoms with Crippen LogP contribution < -0.4 is 14.5 Å². The molecule has 35 heavy (non-hydrogen) atoms. The number of aryl methyl sites for hydroxylation is 1. The lowest BCUT2D eigenvalue weighted by Gasteiger charge is -2.21. The molecule has 0 spiro atoms. The van der Waals surface area contributed by atoms with Gasteiger partial charge in [0.1, 0.15) is 11.3 Å². The smallest absolute Gasteiger partial charge is 0.260 e. The number of pyridine rings is 1. The Labute approximate surface area is 205 Å². The number of aromatic nitrogens is 2. The van der Waals surface area contributed by atoms with Crippen LogP contribution in [0.5, 0.6) is 5.75 Å². The molecule has 1 aliphatic rings. The van der Waals surface area contributed by atoms with Crippen LogP contribution in [0.1, 0.15) is 34.5 Å². The van der Waals surface area contributed by atoms with Crippen LogP contribution in [0.15, 0.2) is 60.8 Å². The summed E-state index contributed by atoms with van der Waals surface area (Å²) in [6.45, 7) is 2.19. The van der Waals surface area contributed by atoms with E-state index in [0.717, 1.165) is 15.2 Å². The van der Waals surface area contributed by atoms with Crippen LogP contribution in [0.25, 0.3) is 10.2 Å². The highest BCUT2D eigenvalue weighted by molar-refractivity contribution is 7.22. The lowest BCUT2D eigenvalue weighted by atomic mass is 10.1. The van der Waals surface area contributed by atoms with Crippen LogP contribution in [0.3, 0.4) is 0 Å². The quantitative estimate of drug-likeness (QED) is 0.373. The first-order valence-corrected chi connectivity index (χ1v) is 11.9. The number of nitrogens with zero attached hydrogens (tertiary/aromatic N) is 4. The maximum Gasteiger partial charge on any atom is 0.260 e. The van der Waals surface area contributed by atoms with Crippen molar-refractivity contribution < 1.29 is 19.1 Å². The van der Waals surface area contributed by atoms with Crippen molar-refractivity contribution in [2.75, 3.05) is 16.9 Å². The second-order valence-corrected chi connectivity index (χ2v) is 9.12. The summed E-state index contributed by atoms with van der Waals surface area (Å²) in [4.78, 5) is 50.2. The fraction of sp³-hybridized carbons (Fsp3) is 0.192. The number of thiazole rings is 1. The van der Waals surface area contributed by atoms with Crippen LogP contribution in [-0.2, 0) is 16.1 Å². The SMILES string of the molecule is COc1ccc(C)c2sc(N(Cc3ccccn3)C(=O)c3cccc(N4C(=O)CCC4=O)c3)nc12. The number of amides is 3.